The van der Waals surface area contributed by atoms with E-state index >= 15 is 0 Å². The summed E-state index contributed by atoms with van der Waals surface area (Å²) in [6.07, 6.45) is 4.38. The summed E-state index contributed by atoms with van der Waals surface area (Å²) in [7, 11) is 1.92. The topological polar surface area (TPSA) is 117 Å². The van der Waals surface area contributed by atoms with Gasteiger partial charge >= 0.3 is 0 Å². The van der Waals surface area contributed by atoms with Crippen LogP contribution in [0, 0.1) is 0 Å². The first-order valence-electron chi connectivity index (χ1n) is 10.7. The molecule has 32 heavy (non-hydrogen) atoms. The molecule has 1 aliphatic heterocycles. The van der Waals surface area contributed by atoms with Crippen LogP contribution in [0.1, 0.15) is 6.42 Å². The fourth-order valence-electron chi connectivity index (χ4n) is 4.10. The number of aromatic nitrogens is 4. The molecule has 2 aromatic heterocycles. The number of fused-ring (bicyclic) bond motifs is 1. The van der Waals surface area contributed by atoms with Crippen LogP contribution >= 0.6 is 0 Å². The number of nitrogens with zero attached hydrogens (tertiary/aromatic N) is 5. The third-order valence-corrected chi connectivity index (χ3v) is 5.80. The molecule has 4 aromatic rings. The summed E-state index contributed by atoms with van der Waals surface area (Å²) in [5, 5.41) is 22.6. The molecule has 0 aliphatic carbocycles. The van der Waals surface area contributed by atoms with Crippen LogP contribution in [0.4, 0.5) is 22.9 Å². The number of aryl methyl sites for hydroxylation is 1. The van der Waals surface area contributed by atoms with E-state index in [1.165, 1.54) is 6.33 Å². The van der Waals surface area contributed by atoms with Crippen molar-refractivity contribution in [2.24, 2.45) is 7.05 Å². The van der Waals surface area contributed by atoms with Gasteiger partial charge < -0.3 is 26.4 Å². The van der Waals surface area contributed by atoms with Crippen LogP contribution in [0.3, 0.4) is 0 Å². The lowest BCUT2D eigenvalue weighted by Gasteiger charge is -2.25. The van der Waals surface area contributed by atoms with E-state index in [2.05, 4.69) is 36.7 Å². The van der Waals surface area contributed by atoms with E-state index in [4.69, 9.17) is 5.73 Å². The molecule has 0 radical (unpaired) electrons. The highest BCUT2D eigenvalue weighted by Gasteiger charge is 2.16. The SMILES string of the molecule is Cn1ncc2cc(-c3cc(Nc4cc(N)c(N5CCCNCC5)cc4O)ncn3)ccc21. The van der Waals surface area contributed by atoms with Crippen molar-refractivity contribution >= 4 is 33.8 Å². The fraction of sp³-hybridized carbons (Fsp3) is 0.261. The maximum atomic E-state index is 10.7. The van der Waals surface area contributed by atoms with Gasteiger partial charge in [0.15, 0.2) is 0 Å². The number of phenolic OH excluding ortho intramolecular Hbond substituents is 1. The Kier molecular flexibility index (Phi) is 5.24. The molecule has 9 heteroatoms. The van der Waals surface area contributed by atoms with E-state index in [0.29, 0.717) is 17.2 Å². The van der Waals surface area contributed by atoms with Crippen molar-refractivity contribution in [2.75, 3.05) is 42.1 Å². The van der Waals surface area contributed by atoms with Gasteiger partial charge in [-0.15, -0.1) is 0 Å². The van der Waals surface area contributed by atoms with Crippen molar-refractivity contribution in [2.45, 2.75) is 6.42 Å². The van der Waals surface area contributed by atoms with E-state index in [9.17, 15) is 5.11 Å². The number of aromatic hydroxyl groups is 1. The summed E-state index contributed by atoms with van der Waals surface area (Å²) in [6.45, 7) is 3.65. The molecule has 0 bridgehead atoms. The van der Waals surface area contributed by atoms with Crippen molar-refractivity contribution in [1.82, 2.24) is 25.1 Å². The molecule has 0 spiro atoms. The molecule has 0 atom stereocenters. The van der Waals surface area contributed by atoms with Crippen molar-refractivity contribution in [3.05, 3.63) is 48.9 Å². The van der Waals surface area contributed by atoms with E-state index in [1.807, 2.05) is 36.1 Å². The summed E-state index contributed by atoms with van der Waals surface area (Å²) in [5.74, 6) is 0.700. The summed E-state index contributed by atoms with van der Waals surface area (Å²) in [5.41, 5.74) is 11.1. The number of hydrogen-bond donors (Lipinski definition) is 4. The standard InChI is InChI=1S/C23H26N8O/c1-30-20-4-3-15(9-16(20)13-28-30)18-11-23(27-14-26-18)29-19-10-17(24)21(12-22(19)32)31-7-2-5-25-6-8-31/h3-4,9-14,25,32H,2,5-8,24H2,1H3,(H,26,27,29). The van der Waals surface area contributed by atoms with Crippen molar-refractivity contribution in [3.8, 4) is 17.0 Å². The van der Waals surface area contributed by atoms with E-state index < -0.39 is 0 Å². The normalized spacial score (nSPS) is 14.5. The van der Waals surface area contributed by atoms with Gasteiger partial charge in [0.05, 0.1) is 34.5 Å². The lowest BCUT2D eigenvalue weighted by molar-refractivity contribution is 0.477. The predicted molar refractivity (Wildman–Crippen MR) is 127 cm³/mol. The highest BCUT2D eigenvalue weighted by Crippen LogP contribution is 2.36. The van der Waals surface area contributed by atoms with Crippen LogP contribution in [0.25, 0.3) is 22.2 Å². The Morgan fingerprint density at radius 2 is 2.00 bits per heavy atom. The fourth-order valence-corrected chi connectivity index (χ4v) is 4.10. The molecular weight excluding hydrogens is 404 g/mol. The quantitative estimate of drug-likeness (QED) is 0.222. The number of anilines is 4. The van der Waals surface area contributed by atoms with Gasteiger partial charge in [0.25, 0.3) is 0 Å². The Morgan fingerprint density at radius 3 is 2.91 bits per heavy atom. The molecule has 3 heterocycles. The number of phenols is 1. The van der Waals surface area contributed by atoms with E-state index in [1.54, 1.807) is 12.1 Å². The molecule has 0 saturated carbocycles. The lowest BCUT2D eigenvalue weighted by atomic mass is 10.1. The minimum Gasteiger partial charge on any atom is -0.506 e. The first-order chi connectivity index (χ1) is 15.6. The zero-order valence-electron chi connectivity index (χ0n) is 17.9. The van der Waals surface area contributed by atoms with Crippen LogP contribution < -0.4 is 21.3 Å². The molecule has 1 aliphatic rings. The molecule has 9 nitrogen and oxygen atoms in total. The number of nitrogens with two attached hydrogens (primary N) is 1. The Hall–Kier alpha value is -3.85. The molecule has 1 saturated heterocycles. The van der Waals surface area contributed by atoms with Crippen LogP contribution in [-0.4, -0.2) is 51.0 Å². The zero-order valence-corrected chi connectivity index (χ0v) is 17.9. The second-order valence-corrected chi connectivity index (χ2v) is 7.97. The molecule has 0 amide bonds. The van der Waals surface area contributed by atoms with Crippen LogP contribution in [0.5, 0.6) is 5.75 Å². The van der Waals surface area contributed by atoms with Crippen molar-refractivity contribution in [3.63, 3.8) is 0 Å². The maximum absolute atomic E-state index is 10.7. The van der Waals surface area contributed by atoms with Gasteiger partial charge in [-0.25, -0.2) is 9.97 Å². The summed E-state index contributed by atoms with van der Waals surface area (Å²) in [6, 6.07) is 11.4. The zero-order chi connectivity index (χ0) is 22.1. The molecule has 0 unspecified atom stereocenters. The third kappa shape index (κ3) is 3.90. The van der Waals surface area contributed by atoms with Crippen LogP contribution in [0.2, 0.25) is 0 Å². The Labute approximate surface area is 185 Å². The van der Waals surface area contributed by atoms with E-state index in [0.717, 1.165) is 60.4 Å². The van der Waals surface area contributed by atoms with Gasteiger partial charge in [-0.05, 0) is 31.2 Å². The van der Waals surface area contributed by atoms with Gasteiger partial charge in [-0.3, -0.25) is 4.68 Å². The average Bonchev–Trinajstić information content (AvgIpc) is 2.99. The second-order valence-electron chi connectivity index (χ2n) is 7.97. The first-order valence-corrected chi connectivity index (χ1v) is 10.7. The van der Waals surface area contributed by atoms with Gasteiger partial charge in [0, 0.05) is 49.8 Å². The number of nitrogens with one attached hydrogen (secondary N) is 2. The average molecular weight is 431 g/mol. The van der Waals surface area contributed by atoms with Crippen LogP contribution in [-0.2, 0) is 7.05 Å². The molecule has 1 fully saturated rings. The van der Waals surface area contributed by atoms with Gasteiger partial charge in [-0.1, -0.05) is 6.07 Å². The first kappa shape index (κ1) is 20.1. The summed E-state index contributed by atoms with van der Waals surface area (Å²) >= 11 is 0. The Bertz CT molecular complexity index is 1260. The molecule has 2 aromatic carbocycles. The number of rotatable bonds is 4. The largest absolute Gasteiger partial charge is 0.506 e. The molecule has 164 valence electrons. The smallest absolute Gasteiger partial charge is 0.141 e. The highest BCUT2D eigenvalue weighted by atomic mass is 16.3. The van der Waals surface area contributed by atoms with E-state index in [-0.39, 0.29) is 5.75 Å². The summed E-state index contributed by atoms with van der Waals surface area (Å²) in [4.78, 5) is 10.9. The lowest BCUT2D eigenvalue weighted by Crippen LogP contribution is -2.28. The molecule has 5 rings (SSSR count). The van der Waals surface area contributed by atoms with Crippen molar-refractivity contribution in [1.29, 1.82) is 0 Å². The third-order valence-electron chi connectivity index (χ3n) is 5.80. The van der Waals surface area contributed by atoms with Crippen LogP contribution in [0.15, 0.2) is 48.9 Å². The summed E-state index contributed by atoms with van der Waals surface area (Å²) < 4.78 is 1.84. The second kappa shape index (κ2) is 8.35. The van der Waals surface area contributed by atoms with Crippen molar-refractivity contribution < 1.29 is 5.11 Å². The van der Waals surface area contributed by atoms with Gasteiger partial charge in [0.1, 0.15) is 17.9 Å². The minimum absolute atomic E-state index is 0.128. The Morgan fingerprint density at radius 1 is 1.09 bits per heavy atom. The van der Waals surface area contributed by atoms with Gasteiger partial charge in [-0.2, -0.15) is 5.10 Å². The minimum atomic E-state index is 0.128. The number of hydrogen-bond acceptors (Lipinski definition) is 8. The maximum Gasteiger partial charge on any atom is 0.141 e. The van der Waals surface area contributed by atoms with Gasteiger partial charge in [0.2, 0.25) is 0 Å². The molecular formula is C23H26N8O. The number of nitrogen functional groups attached to an aromatic ring is 1. The molecule has 5 N–H and O–H groups in total. The predicted octanol–water partition coefficient (Wildman–Crippen LogP) is 2.86. The monoisotopic (exact) mass is 430 g/mol. The Balaban J connectivity index is 1.40. The highest BCUT2D eigenvalue weighted by molar-refractivity contribution is 5.84. The number of benzene rings is 2.